The standard InChI is InChI=1S/C20H14BrCl2N3O2/c21-13-6-1-4-11(18(13)22)12-5-2-7-14(19(12)23)24-20(28)15-10-16-17(27)8-3-9-26(16)25-15/h1-2,4-7,10H,3,8-9H2,(H,24,28). The molecule has 0 fully saturated rings. The lowest BCUT2D eigenvalue weighted by Gasteiger charge is -2.12. The van der Waals surface area contributed by atoms with Gasteiger partial charge in [0, 0.05) is 34.6 Å². The fourth-order valence-corrected chi connectivity index (χ4v) is 4.04. The molecule has 0 aliphatic carbocycles. The number of Topliss-reactive ketones (excluding diaryl/α,β-unsaturated/α-hetero) is 1. The van der Waals surface area contributed by atoms with E-state index in [-0.39, 0.29) is 11.5 Å². The number of amides is 1. The summed E-state index contributed by atoms with van der Waals surface area (Å²) in [4.78, 5) is 24.6. The van der Waals surface area contributed by atoms with E-state index in [1.165, 1.54) is 6.07 Å². The normalized spacial score (nSPS) is 13.3. The van der Waals surface area contributed by atoms with Crippen LogP contribution in [-0.2, 0) is 6.54 Å². The summed E-state index contributed by atoms with van der Waals surface area (Å²) < 4.78 is 2.34. The van der Waals surface area contributed by atoms with Crippen LogP contribution in [0.3, 0.4) is 0 Å². The van der Waals surface area contributed by atoms with E-state index in [1.54, 1.807) is 16.8 Å². The molecule has 0 unspecified atom stereocenters. The first-order valence-corrected chi connectivity index (χ1v) is 10.2. The number of anilines is 1. The van der Waals surface area contributed by atoms with Crippen molar-refractivity contribution < 1.29 is 9.59 Å². The van der Waals surface area contributed by atoms with Crippen molar-refractivity contribution in [1.82, 2.24) is 9.78 Å². The molecule has 28 heavy (non-hydrogen) atoms. The number of benzene rings is 2. The van der Waals surface area contributed by atoms with Gasteiger partial charge >= 0.3 is 0 Å². The zero-order valence-corrected chi connectivity index (χ0v) is 17.6. The van der Waals surface area contributed by atoms with Crippen LogP contribution < -0.4 is 5.32 Å². The molecule has 1 aliphatic heterocycles. The number of rotatable bonds is 3. The number of carbonyl (C=O) groups excluding carboxylic acids is 2. The minimum Gasteiger partial charge on any atom is -0.319 e. The molecule has 1 N–H and O–H groups in total. The van der Waals surface area contributed by atoms with E-state index in [4.69, 9.17) is 23.2 Å². The van der Waals surface area contributed by atoms with Crippen LogP contribution in [0.25, 0.3) is 11.1 Å². The van der Waals surface area contributed by atoms with Crippen molar-refractivity contribution in [3.05, 3.63) is 68.4 Å². The topological polar surface area (TPSA) is 64.0 Å². The highest BCUT2D eigenvalue weighted by Gasteiger charge is 2.23. The Morgan fingerprint density at radius 3 is 2.57 bits per heavy atom. The fourth-order valence-electron chi connectivity index (χ4n) is 3.17. The largest absolute Gasteiger partial charge is 0.319 e. The maximum atomic E-state index is 12.7. The molecule has 2 heterocycles. The van der Waals surface area contributed by atoms with Gasteiger partial charge in [-0.1, -0.05) is 47.5 Å². The molecular weight excluding hydrogens is 465 g/mol. The number of aromatic nitrogens is 2. The van der Waals surface area contributed by atoms with Gasteiger partial charge in [-0.05, 0) is 34.5 Å². The summed E-state index contributed by atoms with van der Waals surface area (Å²) in [5, 5.41) is 7.94. The lowest BCUT2D eigenvalue weighted by molar-refractivity contribution is 0.0950. The third-order valence-corrected chi connectivity index (χ3v) is 6.26. The molecule has 8 heteroatoms. The highest BCUT2D eigenvalue weighted by molar-refractivity contribution is 9.10. The van der Waals surface area contributed by atoms with Crippen molar-refractivity contribution in [2.75, 3.05) is 5.32 Å². The predicted octanol–water partition coefficient (Wildman–Crippen LogP) is 5.85. The van der Waals surface area contributed by atoms with E-state index < -0.39 is 5.91 Å². The molecule has 1 aromatic heterocycles. The van der Waals surface area contributed by atoms with Gasteiger partial charge in [0.1, 0.15) is 5.69 Å². The number of carbonyl (C=O) groups is 2. The molecule has 2 aromatic carbocycles. The van der Waals surface area contributed by atoms with Crippen LogP contribution in [0.1, 0.15) is 33.8 Å². The second-order valence-corrected chi connectivity index (χ2v) is 8.00. The monoisotopic (exact) mass is 477 g/mol. The number of nitrogens with zero attached hydrogens (tertiary/aromatic N) is 2. The SMILES string of the molecule is O=C(Nc1cccc(-c2cccc(Br)c2Cl)c1Cl)c1cc2n(n1)CCCC2=O. The minimum atomic E-state index is -0.422. The van der Waals surface area contributed by atoms with Gasteiger partial charge in [-0.25, -0.2) is 0 Å². The first-order valence-electron chi connectivity index (χ1n) is 8.61. The first kappa shape index (κ1) is 19.2. The maximum absolute atomic E-state index is 12.7. The zero-order chi connectivity index (χ0) is 19.8. The molecule has 142 valence electrons. The quantitative estimate of drug-likeness (QED) is 0.513. The summed E-state index contributed by atoms with van der Waals surface area (Å²) in [5.74, 6) is -0.420. The Morgan fingerprint density at radius 1 is 1.11 bits per heavy atom. The fraction of sp³-hybridized carbons (Fsp3) is 0.150. The third-order valence-electron chi connectivity index (χ3n) is 4.56. The Kier molecular flexibility index (Phi) is 5.27. The van der Waals surface area contributed by atoms with Gasteiger partial charge in [-0.15, -0.1) is 0 Å². The molecule has 0 spiro atoms. The van der Waals surface area contributed by atoms with Crippen LogP contribution in [0.2, 0.25) is 10.0 Å². The van der Waals surface area contributed by atoms with Gasteiger partial charge in [0.05, 0.1) is 15.7 Å². The third kappa shape index (κ3) is 3.48. The maximum Gasteiger partial charge on any atom is 0.276 e. The van der Waals surface area contributed by atoms with E-state index in [0.717, 1.165) is 16.5 Å². The predicted molar refractivity (Wildman–Crippen MR) is 113 cm³/mol. The van der Waals surface area contributed by atoms with Crippen LogP contribution in [0, 0.1) is 0 Å². The van der Waals surface area contributed by atoms with E-state index in [0.29, 0.717) is 40.0 Å². The van der Waals surface area contributed by atoms with Crippen molar-refractivity contribution in [2.24, 2.45) is 0 Å². The number of aryl methyl sites for hydroxylation is 1. The summed E-state index contributed by atoms with van der Waals surface area (Å²) in [6, 6.07) is 12.4. The Hall–Kier alpha value is -2.15. The van der Waals surface area contributed by atoms with Crippen molar-refractivity contribution in [3.8, 4) is 11.1 Å². The molecule has 3 aromatic rings. The van der Waals surface area contributed by atoms with E-state index in [9.17, 15) is 9.59 Å². The summed E-state index contributed by atoms with van der Waals surface area (Å²) >= 11 is 16.3. The lowest BCUT2D eigenvalue weighted by Crippen LogP contribution is -2.17. The van der Waals surface area contributed by atoms with Gasteiger partial charge in [0.2, 0.25) is 0 Å². The Morgan fingerprint density at radius 2 is 1.82 bits per heavy atom. The second kappa shape index (κ2) is 7.70. The minimum absolute atomic E-state index is 0.00197. The summed E-state index contributed by atoms with van der Waals surface area (Å²) in [6.07, 6.45) is 1.21. The van der Waals surface area contributed by atoms with Gasteiger partial charge in [0.25, 0.3) is 5.91 Å². The molecule has 1 aliphatic rings. The van der Waals surface area contributed by atoms with Crippen LogP contribution in [0.4, 0.5) is 5.69 Å². The van der Waals surface area contributed by atoms with Gasteiger partial charge in [-0.3, -0.25) is 14.3 Å². The van der Waals surface area contributed by atoms with Crippen LogP contribution >= 0.6 is 39.1 Å². The highest BCUT2D eigenvalue weighted by Crippen LogP contribution is 2.40. The van der Waals surface area contributed by atoms with E-state index >= 15 is 0 Å². The number of fused-ring (bicyclic) bond motifs is 1. The lowest BCUT2D eigenvalue weighted by atomic mass is 10.0. The summed E-state index contributed by atoms with van der Waals surface area (Å²) in [6.45, 7) is 0.631. The Labute approximate surface area is 179 Å². The highest BCUT2D eigenvalue weighted by atomic mass is 79.9. The molecule has 0 saturated carbocycles. The smallest absolute Gasteiger partial charge is 0.276 e. The molecule has 5 nitrogen and oxygen atoms in total. The van der Waals surface area contributed by atoms with Gasteiger partial charge in [0.15, 0.2) is 11.5 Å². The molecule has 4 rings (SSSR count). The average molecular weight is 479 g/mol. The molecule has 0 radical (unpaired) electrons. The van der Waals surface area contributed by atoms with E-state index in [2.05, 4.69) is 26.3 Å². The zero-order valence-electron chi connectivity index (χ0n) is 14.5. The molecule has 0 atom stereocenters. The van der Waals surface area contributed by atoms with Crippen LogP contribution in [0.5, 0.6) is 0 Å². The summed E-state index contributed by atoms with van der Waals surface area (Å²) in [7, 11) is 0. The average Bonchev–Trinajstić information content (AvgIpc) is 3.12. The number of nitrogens with one attached hydrogen (secondary N) is 1. The van der Waals surface area contributed by atoms with Crippen molar-refractivity contribution >= 4 is 56.5 Å². The number of halogens is 3. The first-order chi connectivity index (χ1) is 13.5. The van der Waals surface area contributed by atoms with Crippen LogP contribution in [0.15, 0.2) is 46.9 Å². The number of ketones is 1. The summed E-state index contributed by atoms with van der Waals surface area (Å²) in [5.41, 5.74) is 2.55. The number of hydrogen-bond donors (Lipinski definition) is 1. The molecular formula is C20H14BrCl2N3O2. The van der Waals surface area contributed by atoms with Crippen molar-refractivity contribution in [1.29, 1.82) is 0 Å². The molecule has 0 saturated heterocycles. The van der Waals surface area contributed by atoms with Crippen molar-refractivity contribution in [3.63, 3.8) is 0 Å². The second-order valence-electron chi connectivity index (χ2n) is 6.39. The molecule has 1 amide bonds. The van der Waals surface area contributed by atoms with Crippen LogP contribution in [-0.4, -0.2) is 21.5 Å². The molecule has 0 bridgehead atoms. The van der Waals surface area contributed by atoms with E-state index in [1.807, 2.05) is 24.3 Å². The van der Waals surface area contributed by atoms with Crippen molar-refractivity contribution in [2.45, 2.75) is 19.4 Å². The Balaban J connectivity index is 1.65. The van der Waals surface area contributed by atoms with Gasteiger partial charge < -0.3 is 5.32 Å². The Bertz CT molecular complexity index is 1110. The number of hydrogen-bond acceptors (Lipinski definition) is 3. The van der Waals surface area contributed by atoms with Gasteiger partial charge in [-0.2, -0.15) is 5.10 Å².